The fourth-order valence-corrected chi connectivity index (χ4v) is 5.57. The predicted molar refractivity (Wildman–Crippen MR) is 101 cm³/mol. The van der Waals surface area contributed by atoms with Crippen LogP contribution >= 0.6 is 0 Å². The highest BCUT2D eigenvalue weighted by Gasteiger charge is 2.79. The van der Waals surface area contributed by atoms with Crippen LogP contribution in [-0.4, -0.2) is 38.7 Å². The minimum Gasteiger partial charge on any atom is -0.387 e. The van der Waals surface area contributed by atoms with Gasteiger partial charge in [0.2, 0.25) is 11.8 Å². The van der Waals surface area contributed by atoms with Crippen molar-refractivity contribution >= 4 is 34.1 Å². The van der Waals surface area contributed by atoms with Crippen LogP contribution in [0.25, 0.3) is 15.6 Å². The summed E-state index contributed by atoms with van der Waals surface area (Å²) >= 11 is 0. The molecule has 7 nitrogen and oxygen atoms in total. The zero-order chi connectivity index (χ0) is 20.1. The maximum absolute atomic E-state index is 13.4. The first-order chi connectivity index (χ1) is 13.1. The zero-order valence-electron chi connectivity index (χ0n) is 15.8. The number of carbonyl (C=O) groups is 2. The van der Waals surface area contributed by atoms with Crippen molar-refractivity contribution in [3.8, 4) is 0 Å². The van der Waals surface area contributed by atoms with Crippen molar-refractivity contribution in [2.45, 2.75) is 44.0 Å². The molecule has 3 saturated heterocycles. The van der Waals surface area contributed by atoms with Crippen LogP contribution in [-0.2, 0) is 14.3 Å². The van der Waals surface area contributed by atoms with Crippen molar-refractivity contribution in [1.82, 2.24) is 4.98 Å². The molecule has 3 aliphatic heterocycles. The van der Waals surface area contributed by atoms with Gasteiger partial charge >= 0.3 is 0 Å². The molecule has 1 aromatic carbocycles. The summed E-state index contributed by atoms with van der Waals surface area (Å²) in [6, 6.07) is 7.12. The minimum atomic E-state index is -1.21. The van der Waals surface area contributed by atoms with E-state index >= 15 is 0 Å². The summed E-state index contributed by atoms with van der Waals surface area (Å²) < 4.78 is 6.10. The van der Waals surface area contributed by atoms with E-state index < -0.39 is 28.6 Å². The largest absolute Gasteiger partial charge is 0.387 e. The zero-order valence-corrected chi connectivity index (χ0v) is 15.8. The van der Waals surface area contributed by atoms with Gasteiger partial charge in [0, 0.05) is 17.2 Å². The number of hydrogen-bond acceptors (Lipinski definition) is 5. The van der Waals surface area contributed by atoms with E-state index in [2.05, 4.69) is 9.83 Å². The third-order valence-corrected chi connectivity index (χ3v) is 6.87. The summed E-state index contributed by atoms with van der Waals surface area (Å²) in [4.78, 5) is 35.6. The molecule has 5 atom stereocenters. The Morgan fingerprint density at radius 1 is 1.18 bits per heavy atom. The first-order valence-electron chi connectivity index (χ1n) is 9.20. The molecule has 3 fully saturated rings. The number of carbonyl (C=O) groups excluding carboxylic acids is 2. The minimum absolute atomic E-state index is 0.226. The summed E-state index contributed by atoms with van der Waals surface area (Å²) in [5.41, 5.74) is -2.86. The van der Waals surface area contributed by atoms with Gasteiger partial charge in [-0.25, -0.2) is 4.90 Å². The first kappa shape index (κ1) is 17.3. The van der Waals surface area contributed by atoms with Crippen molar-refractivity contribution in [2.24, 2.45) is 11.8 Å². The Labute approximate surface area is 161 Å². The highest BCUT2D eigenvalue weighted by molar-refractivity contribution is 6.26. The van der Waals surface area contributed by atoms with Gasteiger partial charge in [-0.15, -0.1) is 4.98 Å². The lowest BCUT2D eigenvalue weighted by molar-refractivity contribution is -0.143. The van der Waals surface area contributed by atoms with Crippen LogP contribution in [0.15, 0.2) is 30.5 Å². The van der Waals surface area contributed by atoms with E-state index in [0.29, 0.717) is 22.9 Å². The Morgan fingerprint density at radius 2 is 1.82 bits per heavy atom. The van der Waals surface area contributed by atoms with Crippen LogP contribution in [0, 0.1) is 18.4 Å². The highest BCUT2D eigenvalue weighted by Crippen LogP contribution is 2.64. The van der Waals surface area contributed by atoms with Crippen LogP contribution < -0.4 is 4.90 Å². The summed E-state index contributed by atoms with van der Waals surface area (Å²) in [5.74, 6) is -1.90. The summed E-state index contributed by atoms with van der Waals surface area (Å²) in [6.07, 6.45) is 1.71. The first-order valence-corrected chi connectivity index (χ1v) is 9.20. The summed E-state index contributed by atoms with van der Waals surface area (Å²) in [7, 11) is 0. The lowest BCUT2D eigenvalue weighted by Gasteiger charge is -2.40. The Morgan fingerprint density at radius 3 is 2.50 bits per heavy atom. The average molecular weight is 377 g/mol. The van der Waals surface area contributed by atoms with Crippen molar-refractivity contribution in [1.29, 1.82) is 0 Å². The number of nitrogens with zero attached hydrogens (tertiary/aromatic N) is 3. The van der Waals surface area contributed by atoms with Crippen LogP contribution in [0.5, 0.6) is 0 Å². The van der Waals surface area contributed by atoms with E-state index in [1.54, 1.807) is 45.0 Å². The second-order valence-electron chi connectivity index (χ2n) is 8.56. The van der Waals surface area contributed by atoms with Crippen molar-refractivity contribution in [2.75, 3.05) is 4.90 Å². The molecule has 142 valence electrons. The number of hydrogen-bond donors (Lipinski definition) is 1. The number of aromatic nitrogens is 1. The van der Waals surface area contributed by atoms with Crippen molar-refractivity contribution in [3.63, 3.8) is 0 Å². The van der Waals surface area contributed by atoms with E-state index in [4.69, 9.17) is 11.3 Å². The van der Waals surface area contributed by atoms with Gasteiger partial charge in [0.25, 0.3) is 5.82 Å². The fraction of sp³-hybridized carbons (Fsp3) is 0.429. The molecule has 0 spiro atoms. The van der Waals surface area contributed by atoms with Gasteiger partial charge in [-0.3, -0.25) is 9.59 Å². The lowest BCUT2D eigenvalue weighted by atomic mass is 9.62. The second-order valence-corrected chi connectivity index (χ2v) is 8.56. The Balaban J connectivity index is 1.70. The quantitative estimate of drug-likeness (QED) is 0.610. The smallest absolute Gasteiger partial charge is 0.277 e. The maximum atomic E-state index is 13.4. The van der Waals surface area contributed by atoms with Crippen LogP contribution in [0.4, 0.5) is 11.5 Å². The number of imide groups is 1. The topological polar surface area (TPSA) is 84.1 Å². The molecular formula is C21H19N3O4. The van der Waals surface area contributed by atoms with Crippen LogP contribution in [0.1, 0.15) is 27.2 Å². The molecule has 1 aromatic heterocycles. The number of aliphatic hydroxyl groups is 1. The standard InChI is InChI=1S/C21H19N3O4/c1-19-10-20(2,27)21(3,28-19)15-14(19)17(25)24(18(15)26)13-9-23-16(22-4)12-8-6-5-7-11(12)13/h5-9,14-15,27H,10H2,1-3H3/t14-,15+,19?,20-,21?/m0/s1. The van der Waals surface area contributed by atoms with Gasteiger partial charge < -0.3 is 14.7 Å². The average Bonchev–Trinajstić information content (AvgIpc) is 3.12. The Hall–Kier alpha value is -2.82. The molecular weight excluding hydrogens is 358 g/mol. The Bertz CT molecular complexity index is 1120. The number of fused-ring (bicyclic) bond motifs is 6. The summed E-state index contributed by atoms with van der Waals surface area (Å²) in [5, 5.41) is 12.1. The third kappa shape index (κ3) is 1.77. The van der Waals surface area contributed by atoms with Gasteiger partial charge in [0.1, 0.15) is 17.5 Å². The second kappa shape index (κ2) is 4.96. The molecule has 3 aliphatic rings. The van der Waals surface area contributed by atoms with Gasteiger partial charge in [0.15, 0.2) is 0 Å². The predicted octanol–water partition coefficient (Wildman–Crippen LogP) is 2.59. The molecule has 4 heterocycles. The van der Waals surface area contributed by atoms with E-state index in [9.17, 15) is 14.7 Å². The number of anilines is 1. The fourth-order valence-electron chi connectivity index (χ4n) is 5.57. The number of ether oxygens (including phenoxy) is 1. The number of pyridine rings is 1. The van der Waals surface area contributed by atoms with E-state index in [-0.39, 0.29) is 17.6 Å². The van der Waals surface area contributed by atoms with Gasteiger partial charge in [0.05, 0.1) is 23.0 Å². The van der Waals surface area contributed by atoms with Crippen LogP contribution in [0.3, 0.4) is 0 Å². The molecule has 1 N–H and O–H groups in total. The molecule has 2 bridgehead atoms. The van der Waals surface area contributed by atoms with Crippen molar-refractivity contribution < 1.29 is 19.4 Å². The molecule has 2 aromatic rings. The normalized spacial score (nSPS) is 38.9. The molecule has 2 unspecified atom stereocenters. The van der Waals surface area contributed by atoms with E-state index in [0.717, 1.165) is 0 Å². The van der Waals surface area contributed by atoms with E-state index in [1.165, 1.54) is 11.1 Å². The number of rotatable bonds is 1. The van der Waals surface area contributed by atoms with Gasteiger partial charge in [-0.05, 0) is 20.8 Å². The van der Waals surface area contributed by atoms with Gasteiger partial charge in [-0.2, -0.15) is 0 Å². The van der Waals surface area contributed by atoms with Crippen LogP contribution in [0.2, 0.25) is 0 Å². The van der Waals surface area contributed by atoms with Gasteiger partial charge in [-0.1, -0.05) is 30.8 Å². The van der Waals surface area contributed by atoms with Crippen molar-refractivity contribution in [3.05, 3.63) is 41.9 Å². The monoisotopic (exact) mass is 377 g/mol. The van der Waals surface area contributed by atoms with E-state index in [1.807, 2.05) is 0 Å². The molecule has 0 radical (unpaired) electrons. The molecule has 7 heteroatoms. The number of amides is 2. The molecule has 5 rings (SSSR count). The maximum Gasteiger partial charge on any atom is 0.277 e. The lowest BCUT2D eigenvalue weighted by Crippen LogP contribution is -2.56. The molecule has 0 saturated carbocycles. The summed E-state index contributed by atoms with van der Waals surface area (Å²) in [6.45, 7) is 12.5. The third-order valence-electron chi connectivity index (χ3n) is 6.87. The molecule has 2 amide bonds. The number of benzene rings is 1. The highest BCUT2D eigenvalue weighted by atomic mass is 16.6. The Kier molecular flexibility index (Phi) is 3.06. The molecule has 28 heavy (non-hydrogen) atoms. The molecule has 0 aliphatic carbocycles. The SMILES string of the molecule is [C-]#[N+]c1ncc(N2C(=O)[C@@H]3[C@H](C2=O)C2(C)OC3(C)C[C@]2(C)O)c2ccccc12.